The van der Waals surface area contributed by atoms with Gasteiger partial charge in [-0.15, -0.1) is 0 Å². The fraction of sp³-hybridized carbons (Fsp3) is 0.611. The standard InChI is InChI=1S/C18H28N2S/c1-13(2)20(14(3)4)11-10-18(5)12-19-17(21)15-8-6-7-9-16(15)18/h6-9,13-14H,10-12H2,1-5H3,(H,19,21). The van der Waals surface area contributed by atoms with Gasteiger partial charge < -0.3 is 5.32 Å². The summed E-state index contributed by atoms with van der Waals surface area (Å²) >= 11 is 5.46. The summed E-state index contributed by atoms with van der Waals surface area (Å²) in [6, 6.07) is 9.77. The van der Waals surface area contributed by atoms with Crippen LogP contribution in [0.3, 0.4) is 0 Å². The predicted octanol–water partition coefficient (Wildman–Crippen LogP) is 3.73. The molecule has 1 heterocycles. The van der Waals surface area contributed by atoms with Crippen LogP contribution in [0.1, 0.15) is 52.2 Å². The number of thiocarbonyl (C=S) groups is 1. The summed E-state index contributed by atoms with van der Waals surface area (Å²) in [7, 11) is 0. The van der Waals surface area contributed by atoms with Crippen molar-refractivity contribution in [1.82, 2.24) is 10.2 Å². The number of nitrogens with one attached hydrogen (secondary N) is 1. The zero-order chi connectivity index (χ0) is 15.6. The maximum atomic E-state index is 5.46. The Morgan fingerprint density at radius 2 is 1.81 bits per heavy atom. The lowest BCUT2D eigenvalue weighted by molar-refractivity contribution is 0.158. The molecule has 21 heavy (non-hydrogen) atoms. The Hall–Kier alpha value is -0.930. The number of fused-ring (bicyclic) bond motifs is 1. The Kier molecular flexibility index (Phi) is 5.05. The molecular weight excluding hydrogens is 276 g/mol. The quantitative estimate of drug-likeness (QED) is 0.834. The Morgan fingerprint density at radius 3 is 2.43 bits per heavy atom. The molecule has 0 spiro atoms. The lowest BCUT2D eigenvalue weighted by atomic mass is 9.75. The molecule has 0 amide bonds. The highest BCUT2D eigenvalue weighted by Crippen LogP contribution is 2.33. The third kappa shape index (κ3) is 3.46. The number of rotatable bonds is 5. The van der Waals surface area contributed by atoms with Crippen molar-refractivity contribution in [2.75, 3.05) is 13.1 Å². The average Bonchev–Trinajstić information content (AvgIpc) is 2.43. The van der Waals surface area contributed by atoms with E-state index in [-0.39, 0.29) is 5.41 Å². The van der Waals surface area contributed by atoms with Crippen molar-refractivity contribution in [2.24, 2.45) is 0 Å². The summed E-state index contributed by atoms with van der Waals surface area (Å²) in [5.74, 6) is 0. The van der Waals surface area contributed by atoms with Crippen LogP contribution in [0.2, 0.25) is 0 Å². The molecule has 0 saturated heterocycles. The number of benzene rings is 1. The van der Waals surface area contributed by atoms with Crippen molar-refractivity contribution >= 4 is 17.2 Å². The van der Waals surface area contributed by atoms with Crippen LogP contribution in [-0.4, -0.2) is 35.1 Å². The van der Waals surface area contributed by atoms with Gasteiger partial charge in [-0.2, -0.15) is 0 Å². The summed E-state index contributed by atoms with van der Waals surface area (Å²) in [5, 5.41) is 3.42. The SMILES string of the molecule is CC(C)N(CCC1(C)CNC(=S)c2ccccc21)C(C)C. The molecule has 0 bridgehead atoms. The van der Waals surface area contributed by atoms with Crippen molar-refractivity contribution in [3.8, 4) is 0 Å². The van der Waals surface area contributed by atoms with Gasteiger partial charge in [-0.1, -0.05) is 43.4 Å². The first kappa shape index (κ1) is 16.4. The van der Waals surface area contributed by atoms with Gasteiger partial charge in [0.2, 0.25) is 0 Å². The smallest absolute Gasteiger partial charge is 0.106 e. The largest absolute Gasteiger partial charge is 0.375 e. The molecule has 0 aromatic heterocycles. The molecule has 0 fully saturated rings. The van der Waals surface area contributed by atoms with Crippen LogP contribution in [0.15, 0.2) is 24.3 Å². The summed E-state index contributed by atoms with van der Waals surface area (Å²) in [4.78, 5) is 3.47. The molecule has 2 rings (SSSR count). The Labute approximate surface area is 134 Å². The first-order valence-electron chi connectivity index (χ1n) is 7.98. The Balaban J connectivity index is 2.20. The van der Waals surface area contributed by atoms with E-state index in [0.29, 0.717) is 12.1 Å². The van der Waals surface area contributed by atoms with Crippen LogP contribution in [-0.2, 0) is 5.41 Å². The van der Waals surface area contributed by atoms with Gasteiger partial charge >= 0.3 is 0 Å². The van der Waals surface area contributed by atoms with Gasteiger partial charge in [0, 0.05) is 29.6 Å². The van der Waals surface area contributed by atoms with Crippen LogP contribution in [0.5, 0.6) is 0 Å². The zero-order valence-electron chi connectivity index (χ0n) is 13.9. The minimum absolute atomic E-state index is 0.154. The Morgan fingerprint density at radius 1 is 1.19 bits per heavy atom. The molecule has 116 valence electrons. The first-order valence-corrected chi connectivity index (χ1v) is 8.39. The molecule has 0 radical (unpaired) electrons. The van der Waals surface area contributed by atoms with E-state index < -0.39 is 0 Å². The second kappa shape index (κ2) is 6.45. The summed E-state index contributed by atoms with van der Waals surface area (Å²) in [5.41, 5.74) is 2.77. The highest BCUT2D eigenvalue weighted by atomic mass is 32.1. The summed E-state index contributed by atoms with van der Waals surface area (Å²) in [6.45, 7) is 13.5. The van der Waals surface area contributed by atoms with Gasteiger partial charge in [0.1, 0.15) is 4.99 Å². The Bertz CT molecular complexity index is 502. The van der Waals surface area contributed by atoms with E-state index in [2.05, 4.69) is 69.1 Å². The summed E-state index contributed by atoms with van der Waals surface area (Å²) in [6.07, 6.45) is 1.15. The molecule has 1 unspecified atom stereocenters. The van der Waals surface area contributed by atoms with Gasteiger partial charge in [0.05, 0.1) is 0 Å². The topological polar surface area (TPSA) is 15.3 Å². The molecule has 3 heteroatoms. The summed E-state index contributed by atoms with van der Waals surface area (Å²) < 4.78 is 0. The maximum absolute atomic E-state index is 5.46. The van der Waals surface area contributed by atoms with E-state index in [1.807, 2.05) is 0 Å². The minimum atomic E-state index is 0.154. The van der Waals surface area contributed by atoms with Crippen LogP contribution in [0.4, 0.5) is 0 Å². The monoisotopic (exact) mass is 304 g/mol. The minimum Gasteiger partial charge on any atom is -0.375 e. The van der Waals surface area contributed by atoms with Gasteiger partial charge in [0.25, 0.3) is 0 Å². The van der Waals surface area contributed by atoms with E-state index in [9.17, 15) is 0 Å². The fourth-order valence-electron chi connectivity index (χ4n) is 3.38. The van der Waals surface area contributed by atoms with E-state index >= 15 is 0 Å². The van der Waals surface area contributed by atoms with E-state index in [1.165, 1.54) is 11.1 Å². The van der Waals surface area contributed by atoms with Crippen molar-refractivity contribution < 1.29 is 0 Å². The maximum Gasteiger partial charge on any atom is 0.106 e. The second-order valence-corrected chi connectivity index (χ2v) is 7.37. The van der Waals surface area contributed by atoms with E-state index in [4.69, 9.17) is 12.2 Å². The number of nitrogens with zero attached hydrogens (tertiary/aromatic N) is 1. The molecule has 1 aromatic rings. The van der Waals surface area contributed by atoms with Gasteiger partial charge in [0.15, 0.2) is 0 Å². The lowest BCUT2D eigenvalue weighted by Crippen LogP contribution is -2.47. The lowest BCUT2D eigenvalue weighted by Gasteiger charge is -2.40. The second-order valence-electron chi connectivity index (χ2n) is 6.96. The fourth-order valence-corrected chi connectivity index (χ4v) is 3.64. The number of hydrogen-bond donors (Lipinski definition) is 1. The molecule has 1 aliphatic heterocycles. The van der Waals surface area contributed by atoms with Crippen LogP contribution in [0.25, 0.3) is 0 Å². The van der Waals surface area contributed by atoms with E-state index in [1.54, 1.807) is 0 Å². The van der Waals surface area contributed by atoms with Crippen LogP contribution >= 0.6 is 12.2 Å². The molecular formula is C18H28N2S. The molecule has 1 atom stereocenters. The first-order chi connectivity index (χ1) is 9.85. The predicted molar refractivity (Wildman–Crippen MR) is 95.1 cm³/mol. The highest BCUT2D eigenvalue weighted by Gasteiger charge is 2.34. The molecule has 2 nitrogen and oxygen atoms in total. The third-order valence-electron chi connectivity index (χ3n) is 4.71. The van der Waals surface area contributed by atoms with Crippen molar-refractivity contribution in [2.45, 2.75) is 58.5 Å². The highest BCUT2D eigenvalue weighted by molar-refractivity contribution is 7.80. The molecule has 1 N–H and O–H groups in total. The van der Waals surface area contributed by atoms with Crippen molar-refractivity contribution in [1.29, 1.82) is 0 Å². The van der Waals surface area contributed by atoms with Crippen molar-refractivity contribution in [3.05, 3.63) is 35.4 Å². The third-order valence-corrected chi connectivity index (χ3v) is 5.07. The van der Waals surface area contributed by atoms with Crippen LogP contribution < -0.4 is 5.32 Å². The number of hydrogen-bond acceptors (Lipinski definition) is 2. The molecule has 0 aliphatic carbocycles. The van der Waals surface area contributed by atoms with E-state index in [0.717, 1.165) is 24.5 Å². The van der Waals surface area contributed by atoms with Gasteiger partial charge in [-0.25, -0.2) is 0 Å². The van der Waals surface area contributed by atoms with Crippen molar-refractivity contribution in [3.63, 3.8) is 0 Å². The zero-order valence-corrected chi connectivity index (χ0v) is 14.8. The average molecular weight is 305 g/mol. The normalized spacial score (nSPS) is 21.8. The van der Waals surface area contributed by atoms with Crippen LogP contribution in [0, 0.1) is 0 Å². The molecule has 0 saturated carbocycles. The van der Waals surface area contributed by atoms with Gasteiger partial charge in [-0.05, 0) is 46.2 Å². The van der Waals surface area contributed by atoms with Gasteiger partial charge in [-0.3, -0.25) is 4.90 Å². The molecule has 1 aliphatic rings. The molecule has 1 aromatic carbocycles.